The summed E-state index contributed by atoms with van der Waals surface area (Å²) in [5.74, 6) is 5.09. The van der Waals surface area contributed by atoms with Crippen molar-refractivity contribution in [2.24, 2.45) is 5.92 Å². The van der Waals surface area contributed by atoms with E-state index in [-0.39, 0.29) is 32.0 Å². The highest BCUT2D eigenvalue weighted by atomic mass is 16.6. The zero-order chi connectivity index (χ0) is 52.5. The molecule has 4 heterocycles. The number of hydrogen-bond donors (Lipinski definition) is 2. The second-order valence-electron chi connectivity index (χ2n) is 20.1. The molecule has 4 amide bonds. The van der Waals surface area contributed by atoms with Gasteiger partial charge in [-0.3, -0.25) is 19.3 Å². The molecule has 0 saturated carbocycles. The molecule has 1 aliphatic carbocycles. The number of carbonyl (C=O) groups excluding carboxylic acids is 4. The highest BCUT2D eigenvalue weighted by Crippen LogP contribution is 2.66. The summed E-state index contributed by atoms with van der Waals surface area (Å²) in [6.45, 7) is 2.10. The average molecular weight is 1020 g/mol. The van der Waals surface area contributed by atoms with Gasteiger partial charge in [0.15, 0.2) is 11.5 Å². The normalized spacial score (nSPS) is 23.0. The van der Waals surface area contributed by atoms with Gasteiger partial charge in [-0.1, -0.05) is 121 Å². The number of aliphatic hydroxyl groups is 1. The summed E-state index contributed by atoms with van der Waals surface area (Å²) in [5.41, 5.74) is 5.02. The Morgan fingerprint density at radius 1 is 0.776 bits per heavy atom. The first kappa shape index (κ1) is 50.0. The summed E-state index contributed by atoms with van der Waals surface area (Å²) in [6, 6.07) is 40.8. The first-order valence-corrected chi connectivity index (χ1v) is 26.1. The quantitative estimate of drug-likeness (QED) is 0.0950. The van der Waals surface area contributed by atoms with E-state index in [0.717, 1.165) is 59.1 Å². The maximum Gasteiger partial charge on any atom is 0.329 e. The molecule has 0 bridgehead atoms. The van der Waals surface area contributed by atoms with E-state index in [9.17, 15) is 5.11 Å². The third-order valence-electron chi connectivity index (χ3n) is 15.8. The molecular weight excluding hydrogens is 957 g/mol. The number of urea groups is 1. The first-order valence-electron chi connectivity index (χ1n) is 26.1. The molecule has 13 nitrogen and oxygen atoms in total. The number of aliphatic hydroxyl groups excluding tert-OH is 1. The standard InChI is InChI=1S/C63H60N4O9/c1-40(43-18-10-5-11-19-43)64-62(72)66-51-31-26-42(25-24-41-16-8-4-9-17-41)36-50(51)63(61(66)71)54(59(69)65-33-32-47-37-52(73-2)53(74-3)38-48(47)39-65)56-60(70)76-57(45-22-14-7-15-23-45)55(44-20-12-6-13-21-44)67(56)58(63)46-27-29-49(30-28-46)75-35-34-68/h5-7,10-16,18-23,26-31,36-38,40,54-58,68H,4,8-9,17,32-35,39H2,1-3H3,(H,64,72). The van der Waals surface area contributed by atoms with Crippen LogP contribution in [-0.2, 0) is 37.5 Å². The highest BCUT2D eigenvalue weighted by molar-refractivity contribution is 6.24. The third-order valence-corrected chi connectivity index (χ3v) is 15.8. The predicted octanol–water partition coefficient (Wildman–Crippen LogP) is 9.65. The van der Waals surface area contributed by atoms with Crippen molar-refractivity contribution in [3.05, 3.63) is 202 Å². The molecule has 5 aliphatic rings. The molecule has 76 heavy (non-hydrogen) atoms. The summed E-state index contributed by atoms with van der Waals surface area (Å²) in [7, 11) is 3.15. The first-order chi connectivity index (χ1) is 37.1. The maximum absolute atomic E-state index is 17.0. The topological polar surface area (TPSA) is 147 Å². The van der Waals surface area contributed by atoms with Crippen molar-refractivity contribution < 1.29 is 43.2 Å². The van der Waals surface area contributed by atoms with Crippen LogP contribution in [0.15, 0.2) is 157 Å². The van der Waals surface area contributed by atoms with E-state index in [4.69, 9.17) is 18.9 Å². The van der Waals surface area contributed by atoms with Gasteiger partial charge < -0.3 is 34.3 Å². The molecular formula is C63H60N4O9. The van der Waals surface area contributed by atoms with Crippen molar-refractivity contribution in [2.45, 2.75) is 81.3 Å². The minimum Gasteiger partial charge on any atom is -0.493 e. The minimum absolute atomic E-state index is 0.0494. The number of allylic oxidation sites excluding steroid dienone is 2. The molecule has 2 saturated heterocycles. The van der Waals surface area contributed by atoms with Crippen molar-refractivity contribution >= 4 is 29.5 Å². The molecule has 0 aromatic heterocycles. The number of hydrogen-bond acceptors (Lipinski definition) is 10. The summed E-state index contributed by atoms with van der Waals surface area (Å²) in [4.78, 5) is 69.9. The van der Waals surface area contributed by atoms with Gasteiger partial charge in [-0.15, -0.1) is 0 Å². The zero-order valence-electron chi connectivity index (χ0n) is 42.8. The number of anilines is 1. The molecule has 4 aliphatic heterocycles. The lowest BCUT2D eigenvalue weighted by Gasteiger charge is -2.46. The Balaban J connectivity index is 1.18. The Labute approximate surface area is 443 Å². The second kappa shape index (κ2) is 21.2. The number of benzene rings is 6. The molecule has 6 aromatic carbocycles. The monoisotopic (exact) mass is 1020 g/mol. The number of esters is 1. The number of amides is 4. The number of nitrogens with one attached hydrogen (secondary N) is 1. The van der Waals surface area contributed by atoms with Gasteiger partial charge in [0.05, 0.1) is 50.6 Å². The summed E-state index contributed by atoms with van der Waals surface area (Å²) < 4.78 is 24.1. The molecule has 2 N–H and O–H groups in total. The van der Waals surface area contributed by atoms with Crippen molar-refractivity contribution in [1.82, 2.24) is 15.1 Å². The van der Waals surface area contributed by atoms with Crippen molar-refractivity contribution in [2.75, 3.05) is 38.9 Å². The number of fused-ring (bicyclic) bond motifs is 4. The number of morpholine rings is 1. The van der Waals surface area contributed by atoms with Crippen LogP contribution in [0.3, 0.4) is 0 Å². The van der Waals surface area contributed by atoms with Gasteiger partial charge in [0.2, 0.25) is 11.8 Å². The average Bonchev–Trinajstić information content (AvgIpc) is 3.95. The number of ether oxygens (including phenoxy) is 4. The Kier molecular flexibility index (Phi) is 14.0. The molecule has 2 fully saturated rings. The fourth-order valence-corrected chi connectivity index (χ4v) is 12.3. The second-order valence-corrected chi connectivity index (χ2v) is 20.1. The van der Waals surface area contributed by atoms with Gasteiger partial charge in [-0.05, 0) is 126 Å². The van der Waals surface area contributed by atoms with Gasteiger partial charge in [-0.25, -0.2) is 9.69 Å². The van der Waals surface area contributed by atoms with Gasteiger partial charge in [0.25, 0.3) is 0 Å². The predicted molar refractivity (Wildman–Crippen MR) is 286 cm³/mol. The Bertz CT molecular complexity index is 3260. The lowest BCUT2D eigenvalue weighted by molar-refractivity contribution is -0.179. The molecule has 7 atom stereocenters. The van der Waals surface area contributed by atoms with Gasteiger partial charge >= 0.3 is 12.0 Å². The van der Waals surface area contributed by atoms with Crippen LogP contribution in [0.1, 0.15) is 101 Å². The van der Waals surface area contributed by atoms with Crippen LogP contribution in [0, 0.1) is 17.8 Å². The van der Waals surface area contributed by atoms with Gasteiger partial charge in [-0.2, -0.15) is 0 Å². The zero-order valence-corrected chi connectivity index (χ0v) is 42.8. The van der Waals surface area contributed by atoms with Crippen LogP contribution in [0.5, 0.6) is 17.2 Å². The van der Waals surface area contributed by atoms with Gasteiger partial charge in [0, 0.05) is 18.7 Å². The smallest absolute Gasteiger partial charge is 0.329 e. The van der Waals surface area contributed by atoms with Gasteiger partial charge in [0.1, 0.15) is 29.9 Å². The van der Waals surface area contributed by atoms with Crippen LogP contribution >= 0.6 is 0 Å². The van der Waals surface area contributed by atoms with Crippen molar-refractivity contribution in [1.29, 1.82) is 0 Å². The van der Waals surface area contributed by atoms with Crippen LogP contribution in [0.25, 0.3) is 0 Å². The Morgan fingerprint density at radius 2 is 1.46 bits per heavy atom. The lowest BCUT2D eigenvalue weighted by atomic mass is 9.64. The largest absolute Gasteiger partial charge is 0.493 e. The number of carbonyl (C=O) groups is 4. The number of nitrogens with zero attached hydrogens (tertiary/aromatic N) is 3. The van der Waals surface area contributed by atoms with Crippen LogP contribution in [0.4, 0.5) is 10.5 Å². The minimum atomic E-state index is -1.99. The van der Waals surface area contributed by atoms with E-state index >= 15 is 19.2 Å². The molecule has 386 valence electrons. The fraction of sp³-hybridized carbons (Fsp3) is 0.302. The lowest BCUT2D eigenvalue weighted by Crippen LogP contribution is -2.57. The SMILES string of the molecule is COc1cc2c(cc1OC)CN(C(=O)C1C3C(=O)OC(c4ccccc4)C(c4ccccc4)N3C(c3ccc(OCCO)cc3)C13C(=O)N(C(=O)NC(C)c1ccccc1)c1ccc(C#CC4=CCCCC4)cc13)CC2. The number of cyclic esters (lactones) is 1. The Hall–Kier alpha value is -8.18. The van der Waals surface area contributed by atoms with E-state index < -0.39 is 65.4 Å². The van der Waals surface area contributed by atoms with Crippen LogP contribution < -0.4 is 24.4 Å². The van der Waals surface area contributed by atoms with E-state index in [2.05, 4.69) is 23.2 Å². The molecule has 11 rings (SSSR count). The van der Waals surface area contributed by atoms with E-state index in [0.29, 0.717) is 40.4 Å². The molecule has 1 spiro atoms. The Morgan fingerprint density at radius 3 is 2.13 bits per heavy atom. The van der Waals surface area contributed by atoms with E-state index in [1.54, 1.807) is 37.3 Å². The number of rotatable bonds is 11. The van der Waals surface area contributed by atoms with E-state index in [1.807, 2.05) is 139 Å². The van der Waals surface area contributed by atoms with Crippen LogP contribution in [-0.4, -0.2) is 78.7 Å². The van der Waals surface area contributed by atoms with Crippen molar-refractivity contribution in [3.63, 3.8) is 0 Å². The molecule has 6 aromatic rings. The number of methoxy groups -OCH3 is 2. The van der Waals surface area contributed by atoms with Crippen LogP contribution in [0.2, 0.25) is 0 Å². The molecule has 7 unspecified atom stereocenters. The van der Waals surface area contributed by atoms with E-state index in [1.165, 1.54) is 4.90 Å². The summed E-state index contributed by atoms with van der Waals surface area (Å²) in [5, 5.41) is 12.9. The summed E-state index contributed by atoms with van der Waals surface area (Å²) in [6.07, 6.45) is 5.64. The molecule has 13 heteroatoms. The highest BCUT2D eigenvalue weighted by Gasteiger charge is 2.76. The summed E-state index contributed by atoms with van der Waals surface area (Å²) >= 11 is 0. The third kappa shape index (κ3) is 8.85. The molecule has 0 radical (unpaired) electrons. The van der Waals surface area contributed by atoms with Crippen molar-refractivity contribution in [3.8, 4) is 29.1 Å². The maximum atomic E-state index is 17.0. The fourth-order valence-electron chi connectivity index (χ4n) is 12.3. The number of imide groups is 1.